The maximum Gasteiger partial charge on any atom is 0.239 e. The van der Waals surface area contributed by atoms with Crippen molar-refractivity contribution >= 4 is 26.6 Å². The summed E-state index contributed by atoms with van der Waals surface area (Å²) in [4.78, 5) is 15.3. The van der Waals surface area contributed by atoms with Crippen molar-refractivity contribution in [2.24, 2.45) is 0 Å². The van der Waals surface area contributed by atoms with Crippen LogP contribution in [-0.4, -0.2) is 50.0 Å². The van der Waals surface area contributed by atoms with Gasteiger partial charge in [0.15, 0.2) is 0 Å². The second-order valence-electron chi connectivity index (χ2n) is 7.19. The van der Waals surface area contributed by atoms with Gasteiger partial charge in [-0.25, -0.2) is 8.42 Å². The van der Waals surface area contributed by atoms with E-state index in [4.69, 9.17) is 0 Å². The van der Waals surface area contributed by atoms with Gasteiger partial charge in [-0.3, -0.25) is 4.79 Å². The molecule has 0 bridgehead atoms. The number of sulfone groups is 1. The zero-order valence-electron chi connectivity index (χ0n) is 17.5. The molecule has 0 aliphatic rings. The molecular weight excluding hydrogens is 398 g/mol. The van der Waals surface area contributed by atoms with E-state index in [2.05, 4.69) is 24.1 Å². The van der Waals surface area contributed by atoms with E-state index in [0.717, 1.165) is 31.6 Å². The molecule has 1 N–H and O–H groups in total. The number of para-hydroxylation sites is 1. The molecule has 1 amide bonds. The summed E-state index contributed by atoms with van der Waals surface area (Å²) in [6.07, 6.45) is 2.45. The molecule has 160 valence electrons. The second-order valence-corrected chi connectivity index (χ2v) is 9.10. The highest BCUT2D eigenvalue weighted by Gasteiger charge is 2.23. The summed E-state index contributed by atoms with van der Waals surface area (Å²) in [5.74, 6) is -0.126. The van der Waals surface area contributed by atoms with Crippen LogP contribution in [0.2, 0.25) is 0 Å². The number of hydrogen-bond acceptors (Lipinski definition) is 4. The van der Waals surface area contributed by atoms with Crippen LogP contribution >= 0.6 is 0 Å². The van der Waals surface area contributed by atoms with Crippen LogP contribution in [0.4, 0.5) is 0 Å². The molecule has 3 rings (SSSR count). The van der Waals surface area contributed by atoms with Crippen molar-refractivity contribution in [2.75, 3.05) is 26.2 Å². The third-order valence-electron chi connectivity index (χ3n) is 5.28. The number of nitrogens with zero attached hydrogens (tertiary/aromatic N) is 2. The van der Waals surface area contributed by atoms with Crippen LogP contribution in [0.5, 0.6) is 0 Å². The third kappa shape index (κ3) is 4.91. The first-order valence-corrected chi connectivity index (χ1v) is 11.8. The average Bonchev–Trinajstić information content (AvgIpc) is 3.14. The highest BCUT2D eigenvalue weighted by atomic mass is 32.2. The molecule has 0 fully saturated rings. The van der Waals surface area contributed by atoms with Crippen LogP contribution in [0.15, 0.2) is 70.6 Å². The monoisotopic (exact) mass is 427 g/mol. The minimum atomic E-state index is -3.67. The van der Waals surface area contributed by atoms with Crippen LogP contribution in [-0.2, 0) is 21.2 Å². The summed E-state index contributed by atoms with van der Waals surface area (Å²) in [6, 6.07) is 15.6. The molecule has 7 heteroatoms. The quantitative estimate of drug-likeness (QED) is 0.504. The topological polar surface area (TPSA) is 71.4 Å². The Morgan fingerprint density at radius 1 is 1.00 bits per heavy atom. The number of carbonyl (C=O) groups is 1. The van der Waals surface area contributed by atoms with Crippen LogP contribution in [0, 0.1) is 0 Å². The predicted octanol–water partition coefficient (Wildman–Crippen LogP) is 3.32. The van der Waals surface area contributed by atoms with E-state index in [9.17, 15) is 13.2 Å². The van der Waals surface area contributed by atoms with Crippen LogP contribution < -0.4 is 5.32 Å². The number of carbonyl (C=O) groups excluding carboxylic acids is 1. The molecule has 0 aliphatic heterocycles. The van der Waals surface area contributed by atoms with Crippen LogP contribution in [0.1, 0.15) is 20.3 Å². The van der Waals surface area contributed by atoms with Crippen molar-refractivity contribution < 1.29 is 13.2 Å². The van der Waals surface area contributed by atoms with Crippen molar-refractivity contribution in [1.82, 2.24) is 14.8 Å². The highest BCUT2D eigenvalue weighted by molar-refractivity contribution is 7.91. The van der Waals surface area contributed by atoms with Gasteiger partial charge in [0.25, 0.3) is 0 Å². The zero-order chi connectivity index (χ0) is 21.6. The normalized spacial score (nSPS) is 11.8. The average molecular weight is 428 g/mol. The summed E-state index contributed by atoms with van der Waals surface area (Å²) in [5.41, 5.74) is 0.727. The number of rotatable bonds is 10. The fourth-order valence-corrected chi connectivity index (χ4v) is 5.06. The van der Waals surface area contributed by atoms with Gasteiger partial charge >= 0.3 is 0 Å². The van der Waals surface area contributed by atoms with E-state index >= 15 is 0 Å². The first-order chi connectivity index (χ1) is 14.5. The summed E-state index contributed by atoms with van der Waals surface area (Å²) in [7, 11) is -3.67. The predicted molar refractivity (Wildman–Crippen MR) is 119 cm³/mol. The van der Waals surface area contributed by atoms with Gasteiger partial charge in [-0.1, -0.05) is 50.2 Å². The SMILES string of the molecule is CCN(CC)CCCNC(=O)Cn1cc(S(=O)(=O)c2ccccc2)c2ccccc21. The van der Waals surface area contributed by atoms with E-state index in [-0.39, 0.29) is 22.2 Å². The Labute approximate surface area is 178 Å². The maximum atomic E-state index is 13.2. The van der Waals surface area contributed by atoms with Crippen molar-refractivity contribution in [3.63, 3.8) is 0 Å². The highest BCUT2D eigenvalue weighted by Crippen LogP contribution is 2.30. The van der Waals surface area contributed by atoms with Gasteiger partial charge in [0.1, 0.15) is 6.54 Å². The maximum absolute atomic E-state index is 13.2. The molecule has 0 radical (unpaired) electrons. The Balaban J connectivity index is 1.77. The molecule has 2 aromatic carbocycles. The Kier molecular flexibility index (Phi) is 7.29. The van der Waals surface area contributed by atoms with Crippen molar-refractivity contribution in [3.05, 3.63) is 60.8 Å². The number of fused-ring (bicyclic) bond motifs is 1. The second kappa shape index (κ2) is 9.91. The first kappa shape index (κ1) is 22.1. The lowest BCUT2D eigenvalue weighted by Crippen LogP contribution is -2.31. The van der Waals surface area contributed by atoms with Crippen molar-refractivity contribution in [3.8, 4) is 0 Å². The van der Waals surface area contributed by atoms with Gasteiger partial charge in [-0.15, -0.1) is 0 Å². The summed E-state index contributed by atoms with van der Waals surface area (Å²) >= 11 is 0. The Morgan fingerprint density at radius 2 is 1.67 bits per heavy atom. The van der Waals surface area contributed by atoms with Crippen molar-refractivity contribution in [2.45, 2.75) is 36.6 Å². The molecule has 30 heavy (non-hydrogen) atoms. The smallest absolute Gasteiger partial charge is 0.239 e. The molecule has 0 saturated heterocycles. The lowest BCUT2D eigenvalue weighted by atomic mass is 10.2. The summed E-state index contributed by atoms with van der Waals surface area (Å²) in [6.45, 7) is 7.87. The number of hydrogen-bond donors (Lipinski definition) is 1. The molecule has 0 aliphatic carbocycles. The Bertz CT molecular complexity index is 1090. The Hall–Kier alpha value is -2.64. The van der Waals surface area contributed by atoms with E-state index in [1.165, 1.54) is 0 Å². The lowest BCUT2D eigenvalue weighted by molar-refractivity contribution is -0.121. The van der Waals surface area contributed by atoms with Crippen LogP contribution in [0.3, 0.4) is 0 Å². The molecule has 6 nitrogen and oxygen atoms in total. The van der Waals surface area contributed by atoms with Gasteiger partial charge in [-0.2, -0.15) is 0 Å². The van der Waals surface area contributed by atoms with Gasteiger partial charge in [0.05, 0.1) is 9.79 Å². The molecule has 0 saturated carbocycles. The molecule has 1 heterocycles. The Morgan fingerprint density at radius 3 is 2.37 bits per heavy atom. The zero-order valence-corrected chi connectivity index (χ0v) is 18.4. The lowest BCUT2D eigenvalue weighted by Gasteiger charge is -2.17. The number of benzene rings is 2. The van der Waals surface area contributed by atoms with E-state index in [1.54, 1.807) is 47.2 Å². The molecule has 0 atom stereocenters. The number of aromatic nitrogens is 1. The van der Waals surface area contributed by atoms with Gasteiger partial charge in [0, 0.05) is 23.6 Å². The van der Waals surface area contributed by atoms with Gasteiger partial charge < -0.3 is 14.8 Å². The summed E-state index contributed by atoms with van der Waals surface area (Å²) < 4.78 is 28.0. The molecule has 3 aromatic rings. The third-order valence-corrected chi connectivity index (χ3v) is 7.07. The van der Waals surface area contributed by atoms with Gasteiger partial charge in [0.2, 0.25) is 15.7 Å². The standard InChI is InChI=1S/C23H29N3O3S/c1-3-25(4-2)16-10-15-24-23(27)18-26-17-22(20-13-8-9-14-21(20)26)30(28,29)19-11-6-5-7-12-19/h5-9,11-14,17H,3-4,10,15-16,18H2,1-2H3,(H,24,27). The molecular formula is C23H29N3O3S. The number of nitrogens with one attached hydrogen (secondary N) is 1. The van der Waals surface area contributed by atoms with E-state index < -0.39 is 9.84 Å². The van der Waals surface area contributed by atoms with Gasteiger partial charge in [-0.05, 0) is 44.3 Å². The minimum absolute atomic E-state index is 0.0795. The molecule has 0 spiro atoms. The molecule has 1 aromatic heterocycles. The molecule has 0 unspecified atom stereocenters. The summed E-state index contributed by atoms with van der Waals surface area (Å²) in [5, 5.41) is 3.56. The minimum Gasteiger partial charge on any atom is -0.355 e. The first-order valence-electron chi connectivity index (χ1n) is 10.3. The van der Waals surface area contributed by atoms with E-state index in [1.807, 2.05) is 18.2 Å². The fourth-order valence-electron chi connectivity index (χ4n) is 3.57. The van der Waals surface area contributed by atoms with Crippen molar-refractivity contribution in [1.29, 1.82) is 0 Å². The van der Waals surface area contributed by atoms with E-state index in [0.29, 0.717) is 11.9 Å². The van der Waals surface area contributed by atoms with Crippen LogP contribution in [0.25, 0.3) is 10.9 Å². The largest absolute Gasteiger partial charge is 0.355 e. The number of amides is 1. The fraction of sp³-hybridized carbons (Fsp3) is 0.348.